The lowest BCUT2D eigenvalue weighted by molar-refractivity contribution is 0.0432. The molecule has 4 nitrogen and oxygen atoms in total. The molecule has 1 aromatic heterocycles. The third-order valence-electron chi connectivity index (χ3n) is 2.52. The molecule has 0 aromatic carbocycles. The summed E-state index contributed by atoms with van der Waals surface area (Å²) in [4.78, 5) is 11.7. The van der Waals surface area contributed by atoms with Gasteiger partial charge in [-0.05, 0) is 18.4 Å². The zero-order valence-electron chi connectivity index (χ0n) is 10.2. The van der Waals surface area contributed by atoms with Gasteiger partial charge in [-0.25, -0.2) is 4.79 Å². The third kappa shape index (κ3) is 3.29. The number of hydrogen-bond acceptors (Lipinski definition) is 3. The number of anilines is 1. The van der Waals surface area contributed by atoms with Gasteiger partial charge in [-0.1, -0.05) is 20.3 Å². The van der Waals surface area contributed by atoms with Crippen LogP contribution in [0.1, 0.15) is 37.2 Å². The van der Waals surface area contributed by atoms with Crippen molar-refractivity contribution in [2.45, 2.75) is 26.7 Å². The predicted octanol–water partition coefficient (Wildman–Crippen LogP) is 2.20. The van der Waals surface area contributed by atoms with E-state index in [4.69, 9.17) is 10.5 Å². The first kappa shape index (κ1) is 12.6. The summed E-state index contributed by atoms with van der Waals surface area (Å²) >= 11 is 0. The molecule has 0 radical (unpaired) electrons. The van der Waals surface area contributed by atoms with E-state index >= 15 is 0 Å². The molecule has 1 rings (SSSR count). The maximum Gasteiger partial charge on any atom is 0.355 e. The molecule has 0 aliphatic carbocycles. The van der Waals surface area contributed by atoms with Crippen molar-refractivity contribution in [2.75, 3.05) is 12.3 Å². The normalized spacial score (nSPS) is 12.4. The van der Waals surface area contributed by atoms with Crippen LogP contribution in [-0.2, 0) is 11.8 Å². The molecule has 0 fully saturated rings. The van der Waals surface area contributed by atoms with Crippen LogP contribution in [0.2, 0.25) is 0 Å². The molecule has 0 aliphatic heterocycles. The summed E-state index contributed by atoms with van der Waals surface area (Å²) in [7, 11) is 1.78. The minimum atomic E-state index is -0.304. The van der Waals surface area contributed by atoms with Gasteiger partial charge in [0.1, 0.15) is 5.69 Å². The summed E-state index contributed by atoms with van der Waals surface area (Å²) in [5.74, 6) is 0.105. The van der Waals surface area contributed by atoms with Crippen molar-refractivity contribution in [3.05, 3.63) is 18.0 Å². The Morgan fingerprint density at radius 2 is 2.31 bits per heavy atom. The first-order chi connectivity index (χ1) is 7.54. The highest BCUT2D eigenvalue weighted by Crippen LogP contribution is 2.11. The number of aryl methyl sites for hydroxylation is 1. The van der Waals surface area contributed by atoms with Crippen LogP contribution in [-0.4, -0.2) is 17.1 Å². The van der Waals surface area contributed by atoms with Crippen molar-refractivity contribution in [1.29, 1.82) is 0 Å². The third-order valence-corrected chi connectivity index (χ3v) is 2.52. The minimum absolute atomic E-state index is 0.304. The fourth-order valence-corrected chi connectivity index (χ4v) is 1.66. The number of aromatic nitrogens is 1. The standard InChI is InChI=1S/C12H20N2O2/c1-4-5-9(2)8-16-12(15)11-6-10(13)7-14(11)3/h6-7,9H,4-5,8,13H2,1-3H3. The van der Waals surface area contributed by atoms with E-state index in [9.17, 15) is 4.79 Å². The lowest BCUT2D eigenvalue weighted by Crippen LogP contribution is -2.14. The average molecular weight is 224 g/mol. The molecular formula is C12H20N2O2. The Bertz CT molecular complexity index is 358. The SMILES string of the molecule is CCCC(C)COC(=O)c1cc(N)cn1C. The van der Waals surface area contributed by atoms with Gasteiger partial charge in [0.25, 0.3) is 0 Å². The monoisotopic (exact) mass is 224 g/mol. The van der Waals surface area contributed by atoms with Crippen LogP contribution in [0.25, 0.3) is 0 Å². The highest BCUT2D eigenvalue weighted by molar-refractivity contribution is 5.89. The van der Waals surface area contributed by atoms with Gasteiger partial charge >= 0.3 is 5.97 Å². The van der Waals surface area contributed by atoms with Gasteiger partial charge in [-0.15, -0.1) is 0 Å². The van der Waals surface area contributed by atoms with Gasteiger partial charge in [-0.2, -0.15) is 0 Å². The van der Waals surface area contributed by atoms with Crippen molar-refractivity contribution >= 4 is 11.7 Å². The molecule has 0 amide bonds. The second-order valence-electron chi connectivity index (χ2n) is 4.26. The summed E-state index contributed by atoms with van der Waals surface area (Å²) in [6.07, 6.45) is 3.88. The second kappa shape index (κ2) is 5.58. The maximum absolute atomic E-state index is 11.7. The molecule has 1 unspecified atom stereocenters. The van der Waals surface area contributed by atoms with Gasteiger partial charge in [-0.3, -0.25) is 0 Å². The lowest BCUT2D eigenvalue weighted by atomic mass is 10.1. The van der Waals surface area contributed by atoms with E-state index in [1.807, 2.05) is 0 Å². The molecule has 4 heteroatoms. The van der Waals surface area contributed by atoms with Crippen molar-refractivity contribution in [3.8, 4) is 0 Å². The van der Waals surface area contributed by atoms with Crippen LogP contribution in [0, 0.1) is 5.92 Å². The number of nitrogens with zero attached hydrogens (tertiary/aromatic N) is 1. The van der Waals surface area contributed by atoms with Crippen molar-refractivity contribution in [2.24, 2.45) is 13.0 Å². The van der Waals surface area contributed by atoms with Crippen molar-refractivity contribution in [3.63, 3.8) is 0 Å². The fraction of sp³-hybridized carbons (Fsp3) is 0.583. The molecular weight excluding hydrogens is 204 g/mol. The molecule has 0 saturated heterocycles. The molecule has 90 valence electrons. The molecule has 1 heterocycles. The number of hydrogen-bond donors (Lipinski definition) is 1. The van der Waals surface area contributed by atoms with E-state index in [-0.39, 0.29) is 5.97 Å². The number of ether oxygens (including phenoxy) is 1. The highest BCUT2D eigenvalue weighted by Gasteiger charge is 2.13. The van der Waals surface area contributed by atoms with Crippen LogP contribution in [0.5, 0.6) is 0 Å². The fourth-order valence-electron chi connectivity index (χ4n) is 1.66. The van der Waals surface area contributed by atoms with Crippen LogP contribution >= 0.6 is 0 Å². The summed E-state index contributed by atoms with van der Waals surface area (Å²) in [5, 5.41) is 0. The van der Waals surface area contributed by atoms with E-state index < -0.39 is 0 Å². The Morgan fingerprint density at radius 1 is 1.62 bits per heavy atom. The van der Waals surface area contributed by atoms with Crippen LogP contribution < -0.4 is 5.73 Å². The van der Waals surface area contributed by atoms with Crippen LogP contribution in [0.4, 0.5) is 5.69 Å². The van der Waals surface area contributed by atoms with Crippen molar-refractivity contribution in [1.82, 2.24) is 4.57 Å². The largest absolute Gasteiger partial charge is 0.461 e. The van der Waals surface area contributed by atoms with Crippen LogP contribution in [0.15, 0.2) is 12.3 Å². The van der Waals surface area contributed by atoms with E-state index in [0.717, 1.165) is 12.8 Å². The first-order valence-electron chi connectivity index (χ1n) is 5.63. The lowest BCUT2D eigenvalue weighted by Gasteiger charge is -2.10. The molecule has 0 saturated carbocycles. The zero-order valence-corrected chi connectivity index (χ0v) is 10.2. The van der Waals surface area contributed by atoms with E-state index in [2.05, 4.69) is 13.8 Å². The van der Waals surface area contributed by atoms with Crippen molar-refractivity contribution < 1.29 is 9.53 Å². The number of nitrogen functional groups attached to an aromatic ring is 1. The van der Waals surface area contributed by atoms with Gasteiger partial charge in [0, 0.05) is 13.2 Å². The number of rotatable bonds is 5. The predicted molar refractivity (Wildman–Crippen MR) is 64.2 cm³/mol. The molecule has 2 N–H and O–H groups in total. The summed E-state index contributed by atoms with van der Waals surface area (Å²) in [6, 6.07) is 1.63. The molecule has 1 atom stereocenters. The van der Waals surface area contributed by atoms with Gasteiger partial charge < -0.3 is 15.0 Å². The molecule has 1 aromatic rings. The Kier molecular flexibility index (Phi) is 4.40. The quantitative estimate of drug-likeness (QED) is 0.780. The topological polar surface area (TPSA) is 57.2 Å². The maximum atomic E-state index is 11.7. The minimum Gasteiger partial charge on any atom is -0.461 e. The Hall–Kier alpha value is -1.45. The summed E-state index contributed by atoms with van der Waals surface area (Å²) < 4.78 is 6.90. The molecule has 16 heavy (non-hydrogen) atoms. The van der Waals surface area contributed by atoms with Crippen LogP contribution in [0.3, 0.4) is 0 Å². The average Bonchev–Trinajstić information content (AvgIpc) is 2.55. The molecule has 0 aliphatic rings. The smallest absolute Gasteiger partial charge is 0.355 e. The summed E-state index contributed by atoms with van der Waals surface area (Å²) in [6.45, 7) is 4.67. The number of esters is 1. The number of carbonyl (C=O) groups excluding carboxylic acids is 1. The summed E-state index contributed by atoms with van der Waals surface area (Å²) in [5.41, 5.74) is 6.67. The Labute approximate surface area is 96.4 Å². The zero-order chi connectivity index (χ0) is 12.1. The van der Waals surface area contributed by atoms with E-state index in [1.165, 1.54) is 0 Å². The van der Waals surface area contributed by atoms with E-state index in [1.54, 1.807) is 23.9 Å². The molecule has 0 bridgehead atoms. The van der Waals surface area contributed by atoms with Gasteiger partial charge in [0.15, 0.2) is 0 Å². The number of nitrogens with two attached hydrogens (primary N) is 1. The number of carbonyl (C=O) groups is 1. The highest BCUT2D eigenvalue weighted by atomic mass is 16.5. The van der Waals surface area contributed by atoms with Gasteiger partial charge in [0.2, 0.25) is 0 Å². The first-order valence-corrected chi connectivity index (χ1v) is 5.63. The van der Waals surface area contributed by atoms with E-state index in [0.29, 0.717) is 23.9 Å². The Morgan fingerprint density at radius 3 is 2.81 bits per heavy atom. The molecule has 0 spiro atoms. The second-order valence-corrected chi connectivity index (χ2v) is 4.26. The Balaban J connectivity index is 2.50. The van der Waals surface area contributed by atoms with Gasteiger partial charge in [0.05, 0.1) is 12.3 Å².